The number of benzene rings is 3. The Bertz CT molecular complexity index is 1750. The third kappa shape index (κ3) is 4.83. The van der Waals surface area contributed by atoms with Crippen molar-refractivity contribution in [1.29, 1.82) is 0 Å². The second-order valence-electron chi connectivity index (χ2n) is 9.94. The Morgan fingerprint density at radius 2 is 1.77 bits per heavy atom. The number of hydrogen-bond acceptors (Lipinski definition) is 6. The molecule has 0 atom stereocenters. The van der Waals surface area contributed by atoms with Crippen LogP contribution in [0.15, 0.2) is 72.9 Å². The number of nitrogen functional groups attached to an aromatic ring is 1. The van der Waals surface area contributed by atoms with E-state index in [9.17, 15) is 9.59 Å². The Morgan fingerprint density at radius 1 is 0.975 bits per heavy atom. The molecule has 0 unspecified atom stereocenters. The summed E-state index contributed by atoms with van der Waals surface area (Å²) in [6.07, 6.45) is 1.48. The zero-order valence-corrected chi connectivity index (χ0v) is 22.3. The summed E-state index contributed by atoms with van der Waals surface area (Å²) in [5.41, 5.74) is 11.2. The second-order valence-corrected chi connectivity index (χ2v) is 9.94. The van der Waals surface area contributed by atoms with Crippen LogP contribution < -0.4 is 10.5 Å². The summed E-state index contributed by atoms with van der Waals surface area (Å²) >= 11 is 0. The zero-order chi connectivity index (χ0) is 27.8. The maximum Gasteiger partial charge on any atom is 0.254 e. The molecule has 0 radical (unpaired) electrons. The van der Waals surface area contributed by atoms with Crippen LogP contribution in [0.2, 0.25) is 0 Å². The van der Waals surface area contributed by atoms with Crippen molar-refractivity contribution in [3.8, 4) is 17.2 Å². The number of morpholine rings is 1. The number of aromatic amines is 1. The Kier molecular flexibility index (Phi) is 6.57. The molecular weight excluding hydrogens is 506 g/mol. The highest BCUT2D eigenvalue weighted by Gasteiger charge is 2.22. The molecule has 3 aromatic carbocycles. The van der Waals surface area contributed by atoms with E-state index in [1.54, 1.807) is 27.8 Å². The van der Waals surface area contributed by atoms with Crippen LogP contribution in [0.4, 0.5) is 5.82 Å². The van der Waals surface area contributed by atoms with Crippen molar-refractivity contribution in [3.05, 3.63) is 101 Å². The minimum atomic E-state index is -0.280. The number of nitrogens with zero attached hydrogens (tertiary/aromatic N) is 3. The highest BCUT2D eigenvalue weighted by molar-refractivity contribution is 6.13. The number of H-pyrrole nitrogens is 1. The maximum absolute atomic E-state index is 13.4. The maximum atomic E-state index is 13.4. The minimum Gasteiger partial charge on any atom is -0.457 e. The van der Waals surface area contributed by atoms with Gasteiger partial charge in [0, 0.05) is 29.6 Å². The van der Waals surface area contributed by atoms with Crippen LogP contribution in [-0.2, 0) is 4.74 Å². The molecule has 2 aromatic heterocycles. The number of aromatic nitrogens is 3. The second kappa shape index (κ2) is 10.3. The molecule has 9 heteroatoms. The first-order valence-corrected chi connectivity index (χ1v) is 13.1. The van der Waals surface area contributed by atoms with Gasteiger partial charge in [0.1, 0.15) is 17.3 Å². The standard InChI is InChI=1S/C31H29N5O4/c1-19-4-3-5-23(14-19)40-24-7-9-28(20(2)15-24)36-30(32)25(18-33-36)29(37)27-17-22-16-21(6-8-26(22)34-27)31(38)35-10-12-39-13-11-35/h3-9,14-18,34H,10-13,32H2,1-2H3. The van der Waals surface area contributed by atoms with E-state index in [1.165, 1.54) is 6.20 Å². The van der Waals surface area contributed by atoms with Gasteiger partial charge in [0.2, 0.25) is 5.78 Å². The number of fused-ring (bicyclic) bond motifs is 1. The van der Waals surface area contributed by atoms with Crippen LogP contribution in [0.3, 0.4) is 0 Å². The lowest BCUT2D eigenvalue weighted by molar-refractivity contribution is 0.0303. The fourth-order valence-electron chi connectivity index (χ4n) is 4.95. The van der Waals surface area contributed by atoms with Crippen LogP contribution in [-0.4, -0.2) is 57.7 Å². The molecule has 0 bridgehead atoms. The first-order valence-electron chi connectivity index (χ1n) is 13.1. The van der Waals surface area contributed by atoms with E-state index in [-0.39, 0.29) is 23.1 Å². The Hall–Kier alpha value is -4.89. The Labute approximate surface area is 231 Å². The zero-order valence-electron chi connectivity index (χ0n) is 22.3. The van der Waals surface area contributed by atoms with Gasteiger partial charge in [-0.25, -0.2) is 4.68 Å². The molecule has 1 saturated heterocycles. The predicted molar refractivity (Wildman–Crippen MR) is 152 cm³/mol. The molecule has 1 fully saturated rings. The molecule has 1 aliphatic rings. The summed E-state index contributed by atoms with van der Waals surface area (Å²) in [7, 11) is 0. The van der Waals surface area contributed by atoms with Crippen molar-refractivity contribution in [1.82, 2.24) is 19.7 Å². The quantitative estimate of drug-likeness (QED) is 0.294. The van der Waals surface area contributed by atoms with Gasteiger partial charge in [-0.3, -0.25) is 9.59 Å². The summed E-state index contributed by atoms with van der Waals surface area (Å²) in [6.45, 7) is 6.17. The number of rotatable bonds is 6. The first-order chi connectivity index (χ1) is 19.4. The van der Waals surface area contributed by atoms with E-state index in [0.717, 1.165) is 33.5 Å². The van der Waals surface area contributed by atoms with E-state index >= 15 is 0 Å². The smallest absolute Gasteiger partial charge is 0.254 e. The normalized spacial score (nSPS) is 13.5. The van der Waals surface area contributed by atoms with Gasteiger partial charge in [-0.2, -0.15) is 5.10 Å². The highest BCUT2D eigenvalue weighted by Crippen LogP contribution is 2.29. The number of nitrogens with two attached hydrogens (primary N) is 1. The van der Waals surface area contributed by atoms with Crippen LogP contribution in [0.1, 0.15) is 37.5 Å². The number of ether oxygens (including phenoxy) is 2. The van der Waals surface area contributed by atoms with Gasteiger partial charge in [-0.05, 0) is 79.6 Å². The molecule has 9 nitrogen and oxygen atoms in total. The molecule has 0 spiro atoms. The summed E-state index contributed by atoms with van der Waals surface area (Å²) < 4.78 is 12.9. The molecule has 1 aliphatic heterocycles. The number of anilines is 1. The van der Waals surface area contributed by atoms with Crippen molar-refractivity contribution in [2.45, 2.75) is 13.8 Å². The van der Waals surface area contributed by atoms with E-state index < -0.39 is 0 Å². The predicted octanol–water partition coefficient (Wildman–Crippen LogP) is 5.05. The summed E-state index contributed by atoms with van der Waals surface area (Å²) in [4.78, 5) is 31.3. The third-order valence-corrected chi connectivity index (χ3v) is 7.08. The third-order valence-electron chi connectivity index (χ3n) is 7.08. The average molecular weight is 536 g/mol. The van der Waals surface area contributed by atoms with Gasteiger partial charge >= 0.3 is 0 Å². The molecule has 0 aliphatic carbocycles. The van der Waals surface area contributed by atoms with Gasteiger partial charge in [-0.1, -0.05) is 12.1 Å². The van der Waals surface area contributed by atoms with Crippen LogP contribution in [0.5, 0.6) is 11.5 Å². The topological polar surface area (TPSA) is 115 Å². The number of amides is 1. The molecule has 6 rings (SSSR count). The van der Waals surface area contributed by atoms with Gasteiger partial charge in [0.05, 0.1) is 36.4 Å². The van der Waals surface area contributed by atoms with Crippen molar-refractivity contribution in [2.24, 2.45) is 0 Å². The number of carbonyl (C=O) groups is 2. The molecule has 3 heterocycles. The fourth-order valence-corrected chi connectivity index (χ4v) is 4.95. The summed E-state index contributed by atoms with van der Waals surface area (Å²) in [6, 6.07) is 20.6. The van der Waals surface area contributed by atoms with E-state index in [2.05, 4.69) is 10.1 Å². The lowest BCUT2D eigenvalue weighted by Gasteiger charge is -2.26. The number of ketones is 1. The van der Waals surface area contributed by atoms with E-state index in [4.69, 9.17) is 15.2 Å². The lowest BCUT2D eigenvalue weighted by Crippen LogP contribution is -2.40. The van der Waals surface area contributed by atoms with Crippen LogP contribution >= 0.6 is 0 Å². The van der Waals surface area contributed by atoms with E-state index in [0.29, 0.717) is 43.3 Å². The van der Waals surface area contributed by atoms with Crippen molar-refractivity contribution < 1.29 is 19.1 Å². The lowest BCUT2D eigenvalue weighted by atomic mass is 10.1. The largest absolute Gasteiger partial charge is 0.457 e. The van der Waals surface area contributed by atoms with Gasteiger partial charge in [0.15, 0.2) is 0 Å². The number of hydrogen-bond donors (Lipinski definition) is 2. The first kappa shape index (κ1) is 25.4. The van der Waals surface area contributed by atoms with Crippen molar-refractivity contribution in [3.63, 3.8) is 0 Å². The van der Waals surface area contributed by atoms with Gasteiger partial charge in [-0.15, -0.1) is 0 Å². The number of aryl methyl sites for hydroxylation is 2. The molecule has 0 saturated carbocycles. The monoisotopic (exact) mass is 535 g/mol. The highest BCUT2D eigenvalue weighted by atomic mass is 16.5. The van der Waals surface area contributed by atoms with Crippen molar-refractivity contribution in [2.75, 3.05) is 32.0 Å². The number of carbonyl (C=O) groups excluding carboxylic acids is 2. The van der Waals surface area contributed by atoms with Crippen molar-refractivity contribution >= 4 is 28.4 Å². The molecule has 202 valence electrons. The molecule has 3 N–H and O–H groups in total. The van der Waals surface area contributed by atoms with Gasteiger partial charge < -0.3 is 25.1 Å². The summed E-state index contributed by atoms with van der Waals surface area (Å²) in [5.74, 6) is 1.36. The minimum absolute atomic E-state index is 0.0459. The average Bonchev–Trinajstić information content (AvgIpc) is 3.56. The Balaban J connectivity index is 1.23. The molecule has 1 amide bonds. The van der Waals surface area contributed by atoms with E-state index in [1.807, 2.05) is 62.4 Å². The SMILES string of the molecule is Cc1cccc(Oc2ccc(-n3ncc(C(=O)c4cc5cc(C(=O)N6CCOCC6)ccc5[nH]4)c3N)c(C)c2)c1. The fraction of sp³-hybridized carbons (Fsp3) is 0.194. The van der Waals surface area contributed by atoms with Crippen LogP contribution in [0.25, 0.3) is 16.6 Å². The Morgan fingerprint density at radius 3 is 2.55 bits per heavy atom. The van der Waals surface area contributed by atoms with Crippen LogP contribution in [0, 0.1) is 13.8 Å². The summed E-state index contributed by atoms with van der Waals surface area (Å²) in [5, 5.41) is 5.19. The van der Waals surface area contributed by atoms with Gasteiger partial charge in [0.25, 0.3) is 5.91 Å². The molecule has 5 aromatic rings. The molecular formula is C31H29N5O4. The molecule has 40 heavy (non-hydrogen) atoms. The number of nitrogens with one attached hydrogen (secondary N) is 1.